The molecular weight excluding hydrogens is 423 g/mol. The van der Waals surface area contributed by atoms with Crippen molar-refractivity contribution in [2.75, 3.05) is 56.4 Å². The molecule has 3 N–H and O–H groups in total. The van der Waals surface area contributed by atoms with E-state index in [1.807, 2.05) is 24.3 Å². The van der Waals surface area contributed by atoms with E-state index in [0.717, 1.165) is 31.7 Å². The highest BCUT2D eigenvalue weighted by Gasteiger charge is 2.33. The molecule has 1 aromatic heterocycles. The predicted molar refractivity (Wildman–Crippen MR) is 120 cm³/mol. The van der Waals surface area contributed by atoms with E-state index in [4.69, 9.17) is 28.9 Å². The maximum Gasteiger partial charge on any atom is 0.191 e. The Morgan fingerprint density at radius 3 is 2.47 bits per heavy atom. The fourth-order valence-electron chi connectivity index (χ4n) is 4.09. The molecule has 3 heterocycles. The van der Waals surface area contributed by atoms with Gasteiger partial charge >= 0.3 is 0 Å². The number of carbonyl (C=O) groups excluding carboxylic acids is 1. The summed E-state index contributed by atoms with van der Waals surface area (Å²) in [6, 6.07) is 9.42. The summed E-state index contributed by atoms with van der Waals surface area (Å²) in [5.74, 6) is 3.50. The largest absolute Gasteiger partial charge is 0.396 e. The smallest absolute Gasteiger partial charge is 0.191 e. The first-order valence-corrected chi connectivity index (χ1v) is 10.7. The van der Waals surface area contributed by atoms with Gasteiger partial charge < -0.3 is 25.8 Å². The number of nitrogens with zero attached hydrogens (tertiary/aromatic N) is 4. The summed E-state index contributed by atoms with van der Waals surface area (Å²) in [6.07, 6.45) is 1.61. The molecule has 158 valence electrons. The lowest BCUT2D eigenvalue weighted by Gasteiger charge is -2.45. The average Bonchev–Trinajstić information content (AvgIpc) is 2.76. The van der Waals surface area contributed by atoms with Crippen molar-refractivity contribution < 1.29 is 4.79 Å². The van der Waals surface area contributed by atoms with E-state index in [1.54, 1.807) is 12.3 Å². The molecule has 0 bridgehead atoms. The topological polar surface area (TPSA) is 77.7 Å². The van der Waals surface area contributed by atoms with Gasteiger partial charge in [0.15, 0.2) is 17.6 Å². The number of benzene rings is 1. The van der Waals surface area contributed by atoms with Gasteiger partial charge in [-0.15, -0.1) is 0 Å². The Kier molecular flexibility index (Phi) is 6.35. The number of hydrogen-bond acceptors (Lipinski definition) is 7. The van der Waals surface area contributed by atoms with Crippen LogP contribution in [-0.4, -0.2) is 66.5 Å². The van der Waals surface area contributed by atoms with Crippen molar-refractivity contribution in [1.29, 1.82) is 0 Å². The average molecular weight is 447 g/mol. The van der Waals surface area contributed by atoms with Gasteiger partial charge in [0.25, 0.3) is 0 Å². The molecular formula is C21H24Cl2N6O. The van der Waals surface area contributed by atoms with Gasteiger partial charge in [-0.25, -0.2) is 9.78 Å². The van der Waals surface area contributed by atoms with Crippen LogP contribution in [0.15, 0.2) is 42.3 Å². The number of rotatable bonds is 4. The van der Waals surface area contributed by atoms with Gasteiger partial charge in [0.2, 0.25) is 0 Å². The number of halogens is 2. The van der Waals surface area contributed by atoms with Crippen LogP contribution in [-0.2, 0) is 4.79 Å². The third-order valence-corrected chi connectivity index (χ3v) is 6.03. The minimum absolute atomic E-state index is 0.0572. The van der Waals surface area contributed by atoms with Crippen LogP contribution in [0.4, 0.5) is 11.5 Å². The summed E-state index contributed by atoms with van der Waals surface area (Å²) >= 11 is 12.2. The Labute approximate surface area is 186 Å². The molecule has 2 fully saturated rings. The van der Waals surface area contributed by atoms with E-state index in [1.165, 1.54) is 0 Å². The molecule has 4 rings (SSSR count). The predicted octanol–water partition coefficient (Wildman–Crippen LogP) is 2.41. The normalized spacial score (nSPS) is 19.5. The molecule has 0 aliphatic carbocycles. The van der Waals surface area contributed by atoms with E-state index in [9.17, 15) is 4.79 Å². The summed E-state index contributed by atoms with van der Waals surface area (Å²) in [6.45, 7) is 5.24. The second-order valence-electron chi connectivity index (χ2n) is 7.44. The van der Waals surface area contributed by atoms with E-state index < -0.39 is 0 Å². The van der Waals surface area contributed by atoms with Crippen molar-refractivity contribution in [3.8, 4) is 0 Å². The second-order valence-corrected chi connectivity index (χ2v) is 8.31. The van der Waals surface area contributed by atoms with Crippen molar-refractivity contribution in [2.45, 2.75) is 6.04 Å². The third kappa shape index (κ3) is 4.35. The lowest BCUT2D eigenvalue weighted by Crippen LogP contribution is -2.53. The monoisotopic (exact) mass is 446 g/mol. The van der Waals surface area contributed by atoms with E-state index >= 15 is 0 Å². The van der Waals surface area contributed by atoms with Crippen molar-refractivity contribution in [1.82, 2.24) is 20.1 Å². The summed E-state index contributed by atoms with van der Waals surface area (Å²) in [4.78, 5) is 22.8. The Morgan fingerprint density at radius 2 is 1.80 bits per heavy atom. The van der Waals surface area contributed by atoms with E-state index in [2.05, 4.69) is 30.9 Å². The van der Waals surface area contributed by atoms with Gasteiger partial charge in [-0.2, -0.15) is 0 Å². The number of nitrogens with one attached hydrogen (secondary N) is 1. The summed E-state index contributed by atoms with van der Waals surface area (Å²) in [7, 11) is 0. The van der Waals surface area contributed by atoms with Crippen LogP contribution in [0.3, 0.4) is 0 Å². The van der Waals surface area contributed by atoms with Gasteiger partial charge in [-0.05, 0) is 23.8 Å². The molecule has 2 aliphatic rings. The third-order valence-electron chi connectivity index (χ3n) is 5.58. The molecule has 2 aromatic rings. The first kappa shape index (κ1) is 20.8. The minimum Gasteiger partial charge on any atom is -0.396 e. The quantitative estimate of drug-likeness (QED) is 0.698. The van der Waals surface area contributed by atoms with Crippen molar-refractivity contribution in [3.63, 3.8) is 0 Å². The zero-order valence-corrected chi connectivity index (χ0v) is 18.0. The molecule has 0 amide bonds. The highest BCUT2D eigenvalue weighted by atomic mass is 35.5. The number of nitrogen functional groups attached to an aromatic ring is 1. The molecule has 0 radical (unpaired) electrons. The molecule has 2 saturated heterocycles. The fraction of sp³-hybridized carbons (Fsp3) is 0.381. The molecule has 7 nitrogen and oxygen atoms in total. The Morgan fingerprint density at radius 1 is 1.07 bits per heavy atom. The summed E-state index contributed by atoms with van der Waals surface area (Å²) in [5.41, 5.74) is 7.85. The lowest BCUT2D eigenvalue weighted by molar-refractivity contribution is 0.173. The standard InChI is InChI=1S/C21H24Cl2N6O/c22-16-3-1-15(2-4-16)19-13-28(20(14-30)27-7-5-25-6-8-27)9-10-29(19)21-18(24)11-17(23)12-26-21/h1-4,11-12,19,25H,5-10,13,24H2/t19-/m0/s1. The number of aromatic nitrogens is 1. The van der Waals surface area contributed by atoms with Crippen LogP contribution >= 0.6 is 23.2 Å². The molecule has 30 heavy (non-hydrogen) atoms. The molecule has 2 aliphatic heterocycles. The van der Waals surface area contributed by atoms with Gasteiger partial charge in [0.05, 0.1) is 16.8 Å². The Balaban J connectivity index is 1.66. The highest BCUT2D eigenvalue weighted by molar-refractivity contribution is 6.31. The van der Waals surface area contributed by atoms with Crippen molar-refractivity contribution >= 4 is 40.6 Å². The van der Waals surface area contributed by atoms with Gasteiger partial charge in [0, 0.05) is 57.0 Å². The van der Waals surface area contributed by atoms with E-state index in [-0.39, 0.29) is 6.04 Å². The van der Waals surface area contributed by atoms with Crippen molar-refractivity contribution in [3.05, 3.63) is 58.0 Å². The fourth-order valence-corrected chi connectivity index (χ4v) is 4.38. The molecule has 0 unspecified atom stereocenters. The minimum atomic E-state index is -0.0572. The molecule has 0 spiro atoms. The van der Waals surface area contributed by atoms with Crippen LogP contribution < -0.4 is 16.0 Å². The SMILES string of the molecule is Nc1cc(Cl)cnc1N1CCN(C(=C=O)N2CCNCC2)C[C@H]1c1ccc(Cl)cc1. The molecule has 1 atom stereocenters. The van der Waals surface area contributed by atoms with Crippen LogP contribution in [0.5, 0.6) is 0 Å². The van der Waals surface area contributed by atoms with Gasteiger partial charge in [-0.1, -0.05) is 35.3 Å². The van der Waals surface area contributed by atoms with Gasteiger partial charge in [-0.3, -0.25) is 0 Å². The molecule has 1 aromatic carbocycles. The number of hydrogen-bond donors (Lipinski definition) is 2. The second kappa shape index (κ2) is 9.14. The Hall–Kier alpha value is -2.44. The number of piperazine rings is 2. The van der Waals surface area contributed by atoms with Crippen LogP contribution in [0.25, 0.3) is 0 Å². The first-order valence-electron chi connectivity index (χ1n) is 9.95. The number of pyridine rings is 1. The zero-order chi connectivity index (χ0) is 21.1. The first-order chi connectivity index (χ1) is 14.6. The lowest BCUT2D eigenvalue weighted by atomic mass is 10.0. The summed E-state index contributed by atoms with van der Waals surface area (Å²) in [5, 5.41) is 4.50. The van der Waals surface area contributed by atoms with Gasteiger partial charge in [0.1, 0.15) is 0 Å². The zero-order valence-electron chi connectivity index (χ0n) is 16.5. The molecule has 9 heteroatoms. The number of anilines is 2. The van der Waals surface area contributed by atoms with Crippen LogP contribution in [0.1, 0.15) is 11.6 Å². The number of nitrogens with two attached hydrogens (primary N) is 1. The maximum absolute atomic E-state index is 11.9. The highest BCUT2D eigenvalue weighted by Crippen LogP contribution is 2.35. The Bertz CT molecular complexity index is 941. The maximum atomic E-state index is 11.9. The summed E-state index contributed by atoms with van der Waals surface area (Å²) < 4.78 is 0. The van der Waals surface area contributed by atoms with Crippen LogP contribution in [0, 0.1) is 0 Å². The van der Waals surface area contributed by atoms with E-state index in [0.29, 0.717) is 47.0 Å². The molecule has 0 saturated carbocycles. The van der Waals surface area contributed by atoms with Crippen LogP contribution in [0.2, 0.25) is 10.0 Å². The van der Waals surface area contributed by atoms with Crippen molar-refractivity contribution in [2.24, 2.45) is 0 Å².